The molecule has 0 aliphatic rings. The molecule has 3 aromatic carbocycles. The van der Waals surface area contributed by atoms with Crippen LogP contribution in [0.2, 0.25) is 0 Å². The third kappa shape index (κ3) is 6.89. The van der Waals surface area contributed by atoms with E-state index in [0.717, 1.165) is 11.3 Å². The molecule has 6 heteroatoms. The van der Waals surface area contributed by atoms with E-state index in [0.29, 0.717) is 12.4 Å². The van der Waals surface area contributed by atoms with Crippen molar-refractivity contribution in [3.05, 3.63) is 96.1 Å². The van der Waals surface area contributed by atoms with E-state index in [2.05, 4.69) is 5.32 Å². The lowest BCUT2D eigenvalue weighted by Gasteiger charge is -2.15. The van der Waals surface area contributed by atoms with Crippen LogP contribution in [0.5, 0.6) is 11.5 Å². The number of rotatable bonds is 10. The number of esters is 1. The van der Waals surface area contributed by atoms with Gasteiger partial charge in [-0.3, -0.25) is 4.79 Å². The van der Waals surface area contributed by atoms with Gasteiger partial charge in [-0.15, -0.1) is 0 Å². The molecule has 1 atom stereocenters. The maximum Gasteiger partial charge on any atom is 0.342 e. The fourth-order valence-electron chi connectivity index (χ4n) is 2.91. The predicted octanol–water partition coefficient (Wildman–Crippen LogP) is 4.18. The van der Waals surface area contributed by atoms with E-state index in [1.54, 1.807) is 24.3 Å². The van der Waals surface area contributed by atoms with Gasteiger partial charge in [0.1, 0.15) is 30.3 Å². The van der Waals surface area contributed by atoms with Gasteiger partial charge in [0.25, 0.3) is 5.91 Å². The molecule has 0 unspecified atom stereocenters. The lowest BCUT2D eigenvalue weighted by Crippen LogP contribution is -2.31. The number of carbonyl (C=O) groups is 2. The molecule has 0 fully saturated rings. The van der Waals surface area contributed by atoms with E-state index in [1.807, 2.05) is 67.6 Å². The van der Waals surface area contributed by atoms with Crippen LogP contribution in [-0.2, 0) is 9.53 Å². The summed E-state index contributed by atoms with van der Waals surface area (Å²) in [5, 5.41) is 2.81. The molecule has 1 N–H and O–H groups in total. The Labute approximate surface area is 181 Å². The lowest BCUT2D eigenvalue weighted by atomic mass is 10.1. The summed E-state index contributed by atoms with van der Waals surface area (Å²) in [6.45, 7) is 2.08. The van der Waals surface area contributed by atoms with Crippen LogP contribution in [-0.4, -0.2) is 31.7 Å². The summed E-state index contributed by atoms with van der Waals surface area (Å²) < 4.78 is 16.4. The maximum atomic E-state index is 12.5. The number of amides is 1. The first-order valence-electron chi connectivity index (χ1n) is 10.0. The van der Waals surface area contributed by atoms with E-state index in [-0.39, 0.29) is 30.7 Å². The molecule has 0 aliphatic heterocycles. The molecule has 0 radical (unpaired) electrons. The highest BCUT2D eigenvalue weighted by Gasteiger charge is 2.16. The molecule has 0 heterocycles. The van der Waals surface area contributed by atoms with Crippen molar-refractivity contribution >= 4 is 11.9 Å². The SMILES string of the molecule is C[C@@H](NC(=O)COC(=O)c1ccccc1OCCOc1ccccc1)c1ccccc1. The quantitative estimate of drug-likeness (QED) is 0.394. The Morgan fingerprint density at radius 2 is 1.42 bits per heavy atom. The van der Waals surface area contributed by atoms with E-state index < -0.39 is 5.97 Å². The van der Waals surface area contributed by atoms with Crippen molar-refractivity contribution in [3.63, 3.8) is 0 Å². The standard InChI is InChI=1S/C25H25NO5/c1-19(20-10-4-2-5-11-20)26-24(27)18-31-25(28)22-14-8-9-15-23(22)30-17-16-29-21-12-6-3-7-13-21/h2-15,19H,16-18H2,1H3,(H,26,27)/t19-/m1/s1. The summed E-state index contributed by atoms with van der Waals surface area (Å²) in [5.74, 6) is 0.123. The van der Waals surface area contributed by atoms with Crippen LogP contribution >= 0.6 is 0 Å². The molecular weight excluding hydrogens is 394 g/mol. The van der Waals surface area contributed by atoms with Crippen molar-refractivity contribution in [1.82, 2.24) is 5.32 Å². The number of para-hydroxylation sites is 2. The monoisotopic (exact) mass is 419 g/mol. The molecule has 3 aromatic rings. The van der Waals surface area contributed by atoms with Gasteiger partial charge >= 0.3 is 5.97 Å². The Hall–Kier alpha value is -3.80. The third-order valence-electron chi connectivity index (χ3n) is 4.47. The molecule has 3 rings (SSSR count). The van der Waals surface area contributed by atoms with Crippen LogP contribution in [0.4, 0.5) is 0 Å². The van der Waals surface area contributed by atoms with Gasteiger partial charge in [0, 0.05) is 0 Å². The van der Waals surface area contributed by atoms with Gasteiger partial charge in [-0.2, -0.15) is 0 Å². The van der Waals surface area contributed by atoms with Crippen molar-refractivity contribution in [2.24, 2.45) is 0 Å². The number of ether oxygens (including phenoxy) is 3. The number of carbonyl (C=O) groups excluding carboxylic acids is 2. The number of nitrogens with one attached hydrogen (secondary N) is 1. The first-order chi connectivity index (χ1) is 15.1. The highest BCUT2D eigenvalue weighted by Crippen LogP contribution is 2.19. The third-order valence-corrected chi connectivity index (χ3v) is 4.47. The Bertz CT molecular complexity index is 975. The van der Waals surface area contributed by atoms with Gasteiger partial charge in [-0.25, -0.2) is 4.79 Å². The molecular formula is C25H25NO5. The topological polar surface area (TPSA) is 73.9 Å². The predicted molar refractivity (Wildman–Crippen MR) is 117 cm³/mol. The fourth-order valence-corrected chi connectivity index (χ4v) is 2.91. The van der Waals surface area contributed by atoms with Gasteiger partial charge in [0.15, 0.2) is 6.61 Å². The zero-order valence-electron chi connectivity index (χ0n) is 17.3. The van der Waals surface area contributed by atoms with Crippen molar-refractivity contribution in [2.45, 2.75) is 13.0 Å². The molecule has 0 spiro atoms. The molecule has 0 saturated heterocycles. The smallest absolute Gasteiger partial charge is 0.342 e. The summed E-state index contributed by atoms with van der Waals surface area (Å²) in [7, 11) is 0. The van der Waals surface area contributed by atoms with Gasteiger partial charge in [-0.1, -0.05) is 60.7 Å². The molecule has 6 nitrogen and oxygen atoms in total. The second-order valence-electron chi connectivity index (χ2n) is 6.78. The van der Waals surface area contributed by atoms with Gasteiger partial charge < -0.3 is 19.5 Å². The van der Waals surface area contributed by atoms with Crippen molar-refractivity contribution in [1.29, 1.82) is 0 Å². The molecule has 0 aromatic heterocycles. The first-order valence-corrected chi connectivity index (χ1v) is 10.0. The Kier molecular flexibility index (Phi) is 8.05. The molecule has 160 valence electrons. The minimum Gasteiger partial charge on any atom is -0.490 e. The van der Waals surface area contributed by atoms with Gasteiger partial charge in [-0.05, 0) is 36.8 Å². The second kappa shape index (κ2) is 11.4. The number of hydrogen-bond acceptors (Lipinski definition) is 5. The van der Waals surface area contributed by atoms with Crippen LogP contribution in [0.1, 0.15) is 28.9 Å². The minimum atomic E-state index is -0.623. The highest BCUT2D eigenvalue weighted by molar-refractivity contribution is 5.94. The van der Waals surface area contributed by atoms with Crippen LogP contribution < -0.4 is 14.8 Å². The maximum absolute atomic E-state index is 12.5. The molecule has 0 saturated carbocycles. The molecule has 0 bridgehead atoms. The molecule has 0 aliphatic carbocycles. The highest BCUT2D eigenvalue weighted by atomic mass is 16.5. The Balaban J connectivity index is 1.47. The van der Waals surface area contributed by atoms with Crippen molar-refractivity contribution in [2.75, 3.05) is 19.8 Å². The van der Waals surface area contributed by atoms with Crippen LogP contribution in [0.25, 0.3) is 0 Å². The summed E-state index contributed by atoms with van der Waals surface area (Å²) in [4.78, 5) is 24.6. The Morgan fingerprint density at radius 3 is 2.16 bits per heavy atom. The number of benzene rings is 3. The first kappa shape index (κ1) is 21.9. The largest absolute Gasteiger partial charge is 0.490 e. The van der Waals surface area contributed by atoms with Gasteiger partial charge in [0.05, 0.1) is 6.04 Å². The van der Waals surface area contributed by atoms with E-state index in [1.165, 1.54) is 0 Å². The summed E-state index contributed by atoms with van der Waals surface area (Å²) in [6, 6.07) is 25.5. The van der Waals surface area contributed by atoms with Crippen molar-refractivity contribution < 1.29 is 23.8 Å². The van der Waals surface area contributed by atoms with E-state index in [4.69, 9.17) is 14.2 Å². The summed E-state index contributed by atoms with van der Waals surface area (Å²) >= 11 is 0. The van der Waals surface area contributed by atoms with Crippen LogP contribution in [0.15, 0.2) is 84.9 Å². The summed E-state index contributed by atoms with van der Waals surface area (Å²) in [6.07, 6.45) is 0. The van der Waals surface area contributed by atoms with Crippen LogP contribution in [0, 0.1) is 0 Å². The van der Waals surface area contributed by atoms with Gasteiger partial charge in [0.2, 0.25) is 0 Å². The molecule has 31 heavy (non-hydrogen) atoms. The lowest BCUT2D eigenvalue weighted by molar-refractivity contribution is -0.124. The average Bonchev–Trinajstić information content (AvgIpc) is 2.82. The Morgan fingerprint density at radius 1 is 0.806 bits per heavy atom. The van der Waals surface area contributed by atoms with E-state index in [9.17, 15) is 9.59 Å². The van der Waals surface area contributed by atoms with E-state index >= 15 is 0 Å². The average molecular weight is 419 g/mol. The second-order valence-corrected chi connectivity index (χ2v) is 6.78. The zero-order chi connectivity index (χ0) is 21.9. The fraction of sp³-hybridized carbons (Fsp3) is 0.200. The van der Waals surface area contributed by atoms with Crippen molar-refractivity contribution in [3.8, 4) is 11.5 Å². The van der Waals surface area contributed by atoms with Crippen LogP contribution in [0.3, 0.4) is 0 Å². The minimum absolute atomic E-state index is 0.187. The summed E-state index contributed by atoms with van der Waals surface area (Å²) in [5.41, 5.74) is 1.23. The normalized spacial score (nSPS) is 11.3. The zero-order valence-corrected chi connectivity index (χ0v) is 17.3. The number of hydrogen-bond donors (Lipinski definition) is 1. The molecule has 1 amide bonds.